The molecule has 1 amide bonds. The van der Waals surface area contributed by atoms with Crippen molar-refractivity contribution < 1.29 is 19.8 Å². The molecule has 5 heteroatoms. The standard InChI is InChI=1S/C10H19NO4/c1-6(5-11-9(14)15)7(8(12)13)10(2,3)4/h6-7,11H,5H2,1-4H3,(H,12,13)(H,14,15). The smallest absolute Gasteiger partial charge is 0.404 e. The molecule has 2 atom stereocenters. The van der Waals surface area contributed by atoms with Crippen LogP contribution in [-0.2, 0) is 4.79 Å². The van der Waals surface area contributed by atoms with Crippen LogP contribution in [0.1, 0.15) is 27.7 Å². The summed E-state index contributed by atoms with van der Waals surface area (Å²) in [5.74, 6) is -1.69. The van der Waals surface area contributed by atoms with Crippen LogP contribution in [0.15, 0.2) is 0 Å². The maximum Gasteiger partial charge on any atom is 0.404 e. The third-order valence-corrected chi connectivity index (χ3v) is 2.34. The predicted octanol–water partition coefficient (Wildman–Crippen LogP) is 1.64. The van der Waals surface area contributed by atoms with Crippen molar-refractivity contribution in [2.75, 3.05) is 6.54 Å². The van der Waals surface area contributed by atoms with Gasteiger partial charge in [0.15, 0.2) is 0 Å². The minimum absolute atomic E-state index is 0.156. The minimum Gasteiger partial charge on any atom is -0.481 e. The SMILES string of the molecule is CC(CNC(=O)O)C(C(=O)O)C(C)(C)C. The van der Waals surface area contributed by atoms with Gasteiger partial charge in [0.2, 0.25) is 0 Å². The van der Waals surface area contributed by atoms with Crippen molar-refractivity contribution in [1.29, 1.82) is 0 Å². The molecule has 0 heterocycles. The Bertz CT molecular complexity index is 244. The average molecular weight is 217 g/mol. The van der Waals surface area contributed by atoms with E-state index in [4.69, 9.17) is 10.2 Å². The van der Waals surface area contributed by atoms with Crippen molar-refractivity contribution in [3.63, 3.8) is 0 Å². The van der Waals surface area contributed by atoms with Gasteiger partial charge in [0.25, 0.3) is 0 Å². The fourth-order valence-corrected chi connectivity index (χ4v) is 1.83. The van der Waals surface area contributed by atoms with E-state index < -0.39 is 18.0 Å². The van der Waals surface area contributed by atoms with Gasteiger partial charge in [-0.3, -0.25) is 4.79 Å². The quantitative estimate of drug-likeness (QED) is 0.668. The van der Waals surface area contributed by atoms with Crippen LogP contribution in [-0.4, -0.2) is 28.8 Å². The van der Waals surface area contributed by atoms with Gasteiger partial charge in [-0.2, -0.15) is 0 Å². The van der Waals surface area contributed by atoms with Crippen LogP contribution in [0.3, 0.4) is 0 Å². The summed E-state index contributed by atoms with van der Waals surface area (Å²) in [4.78, 5) is 21.3. The number of amides is 1. The van der Waals surface area contributed by atoms with E-state index in [1.54, 1.807) is 6.92 Å². The van der Waals surface area contributed by atoms with Gasteiger partial charge in [-0.25, -0.2) is 4.79 Å². The molecule has 0 aliphatic rings. The van der Waals surface area contributed by atoms with Crippen LogP contribution in [0.4, 0.5) is 4.79 Å². The molecule has 0 aromatic rings. The van der Waals surface area contributed by atoms with Crippen LogP contribution in [0, 0.1) is 17.3 Å². The van der Waals surface area contributed by atoms with Crippen LogP contribution >= 0.6 is 0 Å². The van der Waals surface area contributed by atoms with Gasteiger partial charge in [-0.1, -0.05) is 27.7 Å². The van der Waals surface area contributed by atoms with E-state index in [2.05, 4.69) is 5.32 Å². The lowest BCUT2D eigenvalue weighted by molar-refractivity contribution is -0.147. The number of carboxylic acid groups (broad SMARTS) is 2. The summed E-state index contributed by atoms with van der Waals surface area (Å²) in [5, 5.41) is 19.7. The summed E-state index contributed by atoms with van der Waals surface area (Å²) in [7, 11) is 0. The highest BCUT2D eigenvalue weighted by Gasteiger charge is 2.35. The minimum atomic E-state index is -1.13. The van der Waals surface area contributed by atoms with Crippen LogP contribution < -0.4 is 5.32 Å². The monoisotopic (exact) mass is 217 g/mol. The van der Waals surface area contributed by atoms with Crippen molar-refractivity contribution >= 4 is 12.1 Å². The summed E-state index contributed by atoms with van der Waals surface area (Å²) in [6, 6.07) is 0. The first-order valence-corrected chi connectivity index (χ1v) is 4.86. The molecule has 3 N–H and O–H groups in total. The molecule has 15 heavy (non-hydrogen) atoms. The summed E-state index contributed by atoms with van der Waals surface area (Å²) in [6.45, 7) is 7.40. The third-order valence-electron chi connectivity index (χ3n) is 2.34. The first-order chi connectivity index (χ1) is 6.66. The van der Waals surface area contributed by atoms with E-state index in [1.807, 2.05) is 20.8 Å². The van der Waals surface area contributed by atoms with Gasteiger partial charge < -0.3 is 15.5 Å². The predicted molar refractivity (Wildman–Crippen MR) is 55.8 cm³/mol. The molecule has 0 aliphatic carbocycles. The Morgan fingerprint density at radius 1 is 1.27 bits per heavy atom. The fourth-order valence-electron chi connectivity index (χ4n) is 1.83. The summed E-state index contributed by atoms with van der Waals surface area (Å²) in [6.07, 6.45) is -1.13. The Morgan fingerprint density at radius 2 is 1.73 bits per heavy atom. The molecule has 88 valence electrons. The molecule has 0 aromatic heterocycles. The van der Waals surface area contributed by atoms with Crippen molar-refractivity contribution in [2.45, 2.75) is 27.7 Å². The lowest BCUT2D eigenvalue weighted by Crippen LogP contribution is -2.39. The van der Waals surface area contributed by atoms with E-state index in [0.29, 0.717) is 0 Å². The molecule has 0 radical (unpaired) electrons. The number of aliphatic carboxylic acids is 1. The van der Waals surface area contributed by atoms with E-state index in [0.717, 1.165) is 0 Å². The number of nitrogens with one attached hydrogen (secondary N) is 1. The van der Waals surface area contributed by atoms with Crippen molar-refractivity contribution in [1.82, 2.24) is 5.32 Å². The molecule has 0 bridgehead atoms. The molecule has 0 aliphatic heterocycles. The second kappa shape index (κ2) is 5.00. The second-order valence-corrected chi connectivity index (χ2v) is 4.85. The first-order valence-electron chi connectivity index (χ1n) is 4.86. The lowest BCUT2D eigenvalue weighted by Gasteiger charge is -2.31. The second-order valence-electron chi connectivity index (χ2n) is 4.85. The number of hydrogen-bond donors (Lipinski definition) is 3. The van der Waals surface area contributed by atoms with Gasteiger partial charge in [0.1, 0.15) is 0 Å². The maximum absolute atomic E-state index is 11.1. The highest BCUT2D eigenvalue weighted by atomic mass is 16.4. The van der Waals surface area contributed by atoms with Gasteiger partial charge in [0.05, 0.1) is 5.92 Å². The molecule has 2 unspecified atom stereocenters. The average Bonchev–Trinajstić information content (AvgIpc) is 1.96. The highest BCUT2D eigenvalue weighted by Crippen LogP contribution is 2.32. The van der Waals surface area contributed by atoms with Crippen LogP contribution in [0.2, 0.25) is 0 Å². The zero-order chi connectivity index (χ0) is 12.2. The van der Waals surface area contributed by atoms with Crippen LogP contribution in [0.5, 0.6) is 0 Å². The number of rotatable bonds is 4. The number of hydrogen-bond acceptors (Lipinski definition) is 2. The molecular formula is C10H19NO4. The van der Waals surface area contributed by atoms with E-state index in [1.165, 1.54) is 0 Å². The molecule has 0 spiro atoms. The highest BCUT2D eigenvalue weighted by molar-refractivity contribution is 5.71. The van der Waals surface area contributed by atoms with E-state index in [9.17, 15) is 9.59 Å². The molecule has 0 fully saturated rings. The van der Waals surface area contributed by atoms with Crippen molar-refractivity contribution in [3.8, 4) is 0 Å². The summed E-state index contributed by atoms with van der Waals surface area (Å²) in [5.41, 5.74) is -0.383. The molecule has 0 saturated carbocycles. The summed E-state index contributed by atoms with van der Waals surface area (Å²) >= 11 is 0. The largest absolute Gasteiger partial charge is 0.481 e. The topological polar surface area (TPSA) is 86.6 Å². The first kappa shape index (κ1) is 13.7. The fraction of sp³-hybridized carbons (Fsp3) is 0.800. The zero-order valence-electron chi connectivity index (χ0n) is 9.57. The third kappa shape index (κ3) is 4.67. The Labute approximate surface area is 89.5 Å². The molecule has 5 nitrogen and oxygen atoms in total. The van der Waals surface area contributed by atoms with Gasteiger partial charge in [-0.05, 0) is 11.3 Å². The molecular weight excluding hydrogens is 198 g/mol. The van der Waals surface area contributed by atoms with Crippen molar-refractivity contribution in [3.05, 3.63) is 0 Å². The Kier molecular flexibility index (Phi) is 4.58. The van der Waals surface area contributed by atoms with Gasteiger partial charge >= 0.3 is 12.1 Å². The lowest BCUT2D eigenvalue weighted by atomic mass is 9.74. The number of carboxylic acids is 1. The van der Waals surface area contributed by atoms with Crippen molar-refractivity contribution in [2.24, 2.45) is 17.3 Å². The zero-order valence-corrected chi connectivity index (χ0v) is 9.57. The Hall–Kier alpha value is -1.26. The number of carbonyl (C=O) groups is 2. The summed E-state index contributed by atoms with van der Waals surface area (Å²) < 4.78 is 0. The van der Waals surface area contributed by atoms with E-state index in [-0.39, 0.29) is 17.9 Å². The molecule has 0 saturated heterocycles. The Balaban J connectivity index is 4.51. The molecule has 0 rings (SSSR count). The molecule has 0 aromatic carbocycles. The van der Waals surface area contributed by atoms with Gasteiger partial charge in [0, 0.05) is 6.54 Å². The Morgan fingerprint density at radius 3 is 2.00 bits per heavy atom. The van der Waals surface area contributed by atoms with Gasteiger partial charge in [-0.15, -0.1) is 0 Å². The van der Waals surface area contributed by atoms with E-state index >= 15 is 0 Å². The van der Waals surface area contributed by atoms with Crippen LogP contribution in [0.25, 0.3) is 0 Å². The normalized spacial score (nSPS) is 15.5. The maximum atomic E-state index is 11.1.